The molecule has 0 spiro atoms. The SMILES string of the molecule is Cc1cccc(-c2cc(C(C)(C)C)cc(C(C)(C)C)c2)c1N1[C]SC=C1. The first-order chi connectivity index (χ1) is 12.1. The summed E-state index contributed by atoms with van der Waals surface area (Å²) in [7, 11) is 0. The number of para-hydroxylation sites is 1. The summed E-state index contributed by atoms with van der Waals surface area (Å²) in [6, 6.07) is 13.7. The Labute approximate surface area is 163 Å². The summed E-state index contributed by atoms with van der Waals surface area (Å²) in [6.07, 6.45) is 2.09. The molecule has 0 N–H and O–H groups in total. The summed E-state index contributed by atoms with van der Waals surface area (Å²) in [5.41, 5.74) is 8.02. The Morgan fingerprint density at radius 3 is 2.00 bits per heavy atom. The number of benzene rings is 2. The van der Waals surface area contributed by atoms with E-state index in [1.54, 1.807) is 11.8 Å². The topological polar surface area (TPSA) is 3.24 Å². The molecule has 2 aromatic rings. The van der Waals surface area contributed by atoms with Crippen LogP contribution in [-0.2, 0) is 10.8 Å². The Bertz CT molecular complexity index is 802. The zero-order chi connectivity index (χ0) is 19.1. The Balaban J connectivity index is 2.24. The summed E-state index contributed by atoms with van der Waals surface area (Å²) in [6.45, 7) is 15.9. The Kier molecular flexibility index (Phi) is 5.00. The van der Waals surface area contributed by atoms with Gasteiger partial charge in [0.05, 0.1) is 5.69 Å². The third-order valence-corrected chi connectivity index (χ3v) is 5.44. The van der Waals surface area contributed by atoms with E-state index in [-0.39, 0.29) is 10.8 Å². The molecule has 2 aromatic carbocycles. The summed E-state index contributed by atoms with van der Waals surface area (Å²) >= 11 is 1.60. The van der Waals surface area contributed by atoms with Crippen LogP contribution < -0.4 is 4.90 Å². The maximum atomic E-state index is 3.35. The minimum absolute atomic E-state index is 0.113. The van der Waals surface area contributed by atoms with E-state index in [1.165, 1.54) is 33.5 Å². The van der Waals surface area contributed by atoms with Crippen LogP contribution in [0.3, 0.4) is 0 Å². The molecular weight excluding hydrogens is 334 g/mol. The van der Waals surface area contributed by atoms with Gasteiger partial charge in [-0.3, -0.25) is 0 Å². The second kappa shape index (κ2) is 6.81. The number of hydrogen-bond donors (Lipinski definition) is 0. The van der Waals surface area contributed by atoms with Crippen LogP contribution in [0.1, 0.15) is 58.2 Å². The molecule has 0 amide bonds. The van der Waals surface area contributed by atoms with Crippen molar-refractivity contribution in [2.45, 2.75) is 59.3 Å². The Hall–Kier alpha value is -1.67. The summed E-state index contributed by atoms with van der Waals surface area (Å²) in [5.74, 6) is 3.35. The summed E-state index contributed by atoms with van der Waals surface area (Å²) < 4.78 is 0. The second-order valence-corrected chi connectivity index (χ2v) is 9.82. The maximum absolute atomic E-state index is 3.35. The molecule has 0 fully saturated rings. The molecule has 0 atom stereocenters. The minimum atomic E-state index is 0.113. The molecule has 1 aliphatic rings. The molecule has 0 unspecified atom stereocenters. The highest BCUT2D eigenvalue weighted by atomic mass is 32.2. The molecule has 0 bridgehead atoms. The van der Waals surface area contributed by atoms with E-state index in [1.807, 2.05) is 0 Å². The first kappa shape index (κ1) is 19.1. The van der Waals surface area contributed by atoms with Gasteiger partial charge in [0.1, 0.15) is 0 Å². The summed E-state index contributed by atoms with van der Waals surface area (Å²) in [5, 5.41) is 2.07. The fraction of sp³-hybridized carbons (Fsp3) is 0.375. The van der Waals surface area contributed by atoms with Crippen molar-refractivity contribution in [1.29, 1.82) is 0 Å². The van der Waals surface area contributed by atoms with Gasteiger partial charge in [-0.15, -0.1) is 0 Å². The lowest BCUT2D eigenvalue weighted by Crippen LogP contribution is -2.17. The maximum Gasteiger partial charge on any atom is 0.168 e. The normalized spacial score (nSPS) is 15.0. The number of hydrogen-bond acceptors (Lipinski definition) is 2. The highest BCUT2D eigenvalue weighted by Crippen LogP contribution is 2.41. The lowest BCUT2D eigenvalue weighted by molar-refractivity contribution is 0.569. The van der Waals surface area contributed by atoms with Crippen molar-refractivity contribution in [3.63, 3.8) is 0 Å². The predicted octanol–water partition coefficient (Wildman–Crippen LogP) is 7.28. The standard InChI is InChI=1S/C24H29NS/c1-17-9-8-10-21(22(17)25-11-12-26-16-25)18-13-19(23(2,3)4)15-20(14-18)24(5,6)7/h8-15H,1-7H3. The molecule has 136 valence electrons. The number of rotatable bonds is 2. The van der Waals surface area contributed by atoms with Crippen LogP contribution in [0, 0.1) is 12.8 Å². The number of thioether (sulfide) groups is 1. The molecule has 1 heterocycles. The first-order valence-electron chi connectivity index (χ1n) is 9.20. The van der Waals surface area contributed by atoms with Crippen molar-refractivity contribution in [3.05, 3.63) is 70.6 Å². The van der Waals surface area contributed by atoms with E-state index in [0.717, 1.165) is 0 Å². The minimum Gasteiger partial charge on any atom is -0.325 e. The number of anilines is 1. The molecular formula is C24H29NS. The molecule has 2 heteroatoms. The molecule has 1 aliphatic heterocycles. The van der Waals surface area contributed by atoms with E-state index >= 15 is 0 Å². The number of nitrogens with zero attached hydrogens (tertiary/aromatic N) is 1. The van der Waals surface area contributed by atoms with Gasteiger partial charge in [0.25, 0.3) is 0 Å². The first-order valence-corrected chi connectivity index (χ1v) is 10.1. The van der Waals surface area contributed by atoms with Crippen LogP contribution in [0.25, 0.3) is 11.1 Å². The van der Waals surface area contributed by atoms with Crippen molar-refractivity contribution in [2.75, 3.05) is 4.90 Å². The van der Waals surface area contributed by atoms with Gasteiger partial charge >= 0.3 is 0 Å². The highest BCUT2D eigenvalue weighted by molar-refractivity contribution is 8.04. The fourth-order valence-electron chi connectivity index (χ4n) is 3.19. The van der Waals surface area contributed by atoms with E-state index in [9.17, 15) is 0 Å². The van der Waals surface area contributed by atoms with Crippen molar-refractivity contribution in [1.82, 2.24) is 0 Å². The van der Waals surface area contributed by atoms with Crippen LogP contribution in [0.5, 0.6) is 0 Å². The third kappa shape index (κ3) is 3.86. The van der Waals surface area contributed by atoms with Crippen molar-refractivity contribution in [2.24, 2.45) is 0 Å². The molecule has 0 aromatic heterocycles. The predicted molar refractivity (Wildman–Crippen MR) is 116 cm³/mol. The zero-order valence-corrected chi connectivity index (χ0v) is 17.8. The van der Waals surface area contributed by atoms with Crippen LogP contribution in [-0.4, -0.2) is 0 Å². The van der Waals surface area contributed by atoms with Gasteiger partial charge < -0.3 is 4.90 Å². The Morgan fingerprint density at radius 2 is 1.50 bits per heavy atom. The molecule has 1 nitrogen and oxygen atoms in total. The van der Waals surface area contributed by atoms with Crippen molar-refractivity contribution < 1.29 is 0 Å². The van der Waals surface area contributed by atoms with Gasteiger partial charge in [0.15, 0.2) is 5.88 Å². The largest absolute Gasteiger partial charge is 0.325 e. The van der Waals surface area contributed by atoms with Crippen LogP contribution >= 0.6 is 11.8 Å². The van der Waals surface area contributed by atoms with E-state index < -0.39 is 0 Å². The van der Waals surface area contributed by atoms with Crippen molar-refractivity contribution in [3.8, 4) is 11.1 Å². The second-order valence-electron chi connectivity index (χ2n) is 9.13. The van der Waals surface area contributed by atoms with Gasteiger partial charge in [0, 0.05) is 11.8 Å². The van der Waals surface area contributed by atoms with E-state index in [4.69, 9.17) is 0 Å². The van der Waals surface area contributed by atoms with Gasteiger partial charge in [-0.25, -0.2) is 0 Å². The monoisotopic (exact) mass is 363 g/mol. The summed E-state index contributed by atoms with van der Waals surface area (Å²) in [4.78, 5) is 2.12. The highest BCUT2D eigenvalue weighted by Gasteiger charge is 2.23. The Morgan fingerprint density at radius 1 is 0.885 bits per heavy atom. The van der Waals surface area contributed by atoms with Crippen LogP contribution in [0.2, 0.25) is 0 Å². The van der Waals surface area contributed by atoms with Gasteiger partial charge in [-0.1, -0.05) is 89.7 Å². The fourth-order valence-corrected chi connectivity index (χ4v) is 3.70. The third-order valence-electron chi connectivity index (χ3n) is 4.88. The van der Waals surface area contributed by atoms with Gasteiger partial charge in [-0.05, 0) is 45.4 Å². The average molecular weight is 364 g/mol. The molecule has 0 saturated heterocycles. The molecule has 0 aliphatic carbocycles. The number of aryl methyl sites for hydroxylation is 1. The van der Waals surface area contributed by atoms with E-state index in [2.05, 4.69) is 107 Å². The van der Waals surface area contributed by atoms with Gasteiger partial charge in [0.2, 0.25) is 0 Å². The lowest BCUT2D eigenvalue weighted by Gasteiger charge is -2.27. The smallest absolute Gasteiger partial charge is 0.168 e. The van der Waals surface area contributed by atoms with Crippen LogP contribution in [0.15, 0.2) is 48.0 Å². The lowest BCUT2D eigenvalue weighted by atomic mass is 9.78. The van der Waals surface area contributed by atoms with E-state index in [0.29, 0.717) is 0 Å². The quantitative estimate of drug-likeness (QED) is 0.551. The molecule has 26 heavy (non-hydrogen) atoms. The average Bonchev–Trinajstić information content (AvgIpc) is 3.06. The molecule has 3 rings (SSSR count). The van der Waals surface area contributed by atoms with Gasteiger partial charge in [-0.2, -0.15) is 0 Å². The van der Waals surface area contributed by atoms with Crippen LogP contribution in [0.4, 0.5) is 5.69 Å². The molecule has 0 saturated carbocycles. The van der Waals surface area contributed by atoms with Crippen molar-refractivity contribution >= 4 is 17.4 Å². The zero-order valence-electron chi connectivity index (χ0n) is 17.0. The molecule has 2 radical (unpaired) electrons.